The van der Waals surface area contributed by atoms with Gasteiger partial charge in [-0.15, -0.1) is 0 Å². The molecule has 3 heteroatoms. The minimum atomic E-state index is 0.150. The van der Waals surface area contributed by atoms with Crippen LogP contribution in [0.25, 0.3) is 0 Å². The van der Waals surface area contributed by atoms with Crippen LogP contribution in [0.5, 0.6) is 5.75 Å². The van der Waals surface area contributed by atoms with Crippen molar-refractivity contribution in [3.05, 3.63) is 18.2 Å². The highest BCUT2D eigenvalue weighted by Gasteiger charge is 2.22. The molecule has 106 valence electrons. The molecule has 0 saturated carbocycles. The summed E-state index contributed by atoms with van der Waals surface area (Å²) in [5.41, 5.74) is 7.92. The second-order valence-electron chi connectivity index (χ2n) is 6.24. The van der Waals surface area contributed by atoms with E-state index in [9.17, 15) is 0 Å². The second kappa shape index (κ2) is 5.72. The van der Waals surface area contributed by atoms with Gasteiger partial charge in [0.2, 0.25) is 0 Å². The molecule has 0 spiro atoms. The number of anilines is 2. The number of benzene rings is 1. The SMILES string of the molecule is CC1CC(C)CN(c2ccc(N)c(OC(C)C)c2)C1. The Bertz CT molecular complexity index is 421. The largest absolute Gasteiger partial charge is 0.489 e. The van der Waals surface area contributed by atoms with Crippen LogP contribution in [0.3, 0.4) is 0 Å². The van der Waals surface area contributed by atoms with Crippen molar-refractivity contribution >= 4 is 11.4 Å². The van der Waals surface area contributed by atoms with Gasteiger partial charge >= 0.3 is 0 Å². The zero-order valence-corrected chi connectivity index (χ0v) is 12.5. The van der Waals surface area contributed by atoms with Crippen LogP contribution in [-0.4, -0.2) is 19.2 Å². The number of nitrogen functional groups attached to an aromatic ring is 1. The average molecular weight is 262 g/mol. The van der Waals surface area contributed by atoms with Crippen molar-refractivity contribution in [3.8, 4) is 5.75 Å². The third-order valence-corrected chi connectivity index (χ3v) is 3.59. The number of nitrogens with zero attached hydrogens (tertiary/aromatic N) is 1. The van der Waals surface area contributed by atoms with E-state index < -0.39 is 0 Å². The highest BCUT2D eigenvalue weighted by molar-refractivity contribution is 5.62. The van der Waals surface area contributed by atoms with E-state index >= 15 is 0 Å². The molecule has 2 atom stereocenters. The first-order valence-corrected chi connectivity index (χ1v) is 7.26. The van der Waals surface area contributed by atoms with Crippen molar-refractivity contribution in [2.45, 2.75) is 40.2 Å². The molecule has 19 heavy (non-hydrogen) atoms. The fourth-order valence-electron chi connectivity index (χ4n) is 2.95. The maximum Gasteiger partial charge on any atom is 0.144 e. The van der Waals surface area contributed by atoms with E-state index in [1.807, 2.05) is 19.9 Å². The molecular weight excluding hydrogens is 236 g/mol. The van der Waals surface area contributed by atoms with E-state index in [1.54, 1.807) is 0 Å². The molecule has 0 radical (unpaired) electrons. The summed E-state index contributed by atoms with van der Waals surface area (Å²) in [6, 6.07) is 6.14. The molecule has 1 fully saturated rings. The smallest absolute Gasteiger partial charge is 0.144 e. The molecule has 1 saturated heterocycles. The van der Waals surface area contributed by atoms with Crippen molar-refractivity contribution in [2.24, 2.45) is 11.8 Å². The summed E-state index contributed by atoms with van der Waals surface area (Å²) in [6.45, 7) is 10.9. The number of piperidine rings is 1. The van der Waals surface area contributed by atoms with Crippen LogP contribution in [0.15, 0.2) is 18.2 Å². The molecule has 0 aromatic heterocycles. The van der Waals surface area contributed by atoms with Crippen LogP contribution < -0.4 is 15.4 Å². The molecule has 3 nitrogen and oxygen atoms in total. The first-order valence-electron chi connectivity index (χ1n) is 7.26. The molecule has 2 N–H and O–H groups in total. The fourth-order valence-corrected chi connectivity index (χ4v) is 2.95. The number of hydrogen-bond acceptors (Lipinski definition) is 3. The normalized spacial score (nSPS) is 23.7. The summed E-state index contributed by atoms with van der Waals surface area (Å²) >= 11 is 0. The topological polar surface area (TPSA) is 38.5 Å². The standard InChI is InChI=1S/C16H26N2O/c1-11(2)19-16-8-14(5-6-15(16)17)18-9-12(3)7-13(4)10-18/h5-6,8,11-13H,7,9-10,17H2,1-4H3. The van der Waals surface area contributed by atoms with Gasteiger partial charge in [0.1, 0.15) is 5.75 Å². The summed E-state index contributed by atoms with van der Waals surface area (Å²) < 4.78 is 5.78. The van der Waals surface area contributed by atoms with E-state index in [2.05, 4.69) is 30.9 Å². The van der Waals surface area contributed by atoms with Gasteiger partial charge in [-0.3, -0.25) is 0 Å². The quantitative estimate of drug-likeness (QED) is 0.847. The van der Waals surface area contributed by atoms with Crippen molar-refractivity contribution in [1.29, 1.82) is 0 Å². The first-order chi connectivity index (χ1) is 8.95. The molecule has 0 bridgehead atoms. The monoisotopic (exact) mass is 262 g/mol. The third kappa shape index (κ3) is 3.55. The van der Waals surface area contributed by atoms with Gasteiger partial charge in [0.25, 0.3) is 0 Å². The van der Waals surface area contributed by atoms with Gasteiger partial charge in [-0.05, 0) is 44.2 Å². The third-order valence-electron chi connectivity index (χ3n) is 3.59. The van der Waals surface area contributed by atoms with Crippen LogP contribution >= 0.6 is 0 Å². The number of rotatable bonds is 3. The molecule has 2 unspecified atom stereocenters. The Hall–Kier alpha value is -1.38. The van der Waals surface area contributed by atoms with E-state index in [1.165, 1.54) is 12.1 Å². The second-order valence-corrected chi connectivity index (χ2v) is 6.24. The summed E-state index contributed by atoms with van der Waals surface area (Å²) in [4.78, 5) is 2.45. The van der Waals surface area contributed by atoms with Crippen LogP contribution in [0.1, 0.15) is 34.1 Å². The van der Waals surface area contributed by atoms with Gasteiger partial charge in [-0.1, -0.05) is 13.8 Å². The van der Waals surface area contributed by atoms with Crippen molar-refractivity contribution in [1.82, 2.24) is 0 Å². The van der Waals surface area contributed by atoms with Gasteiger partial charge < -0.3 is 15.4 Å². The van der Waals surface area contributed by atoms with Gasteiger partial charge in [0.05, 0.1) is 11.8 Å². The molecule has 1 aromatic rings. The molecule has 1 aliphatic rings. The highest BCUT2D eigenvalue weighted by atomic mass is 16.5. The maximum atomic E-state index is 5.98. The molecule has 0 amide bonds. The zero-order chi connectivity index (χ0) is 14.0. The average Bonchev–Trinajstić information content (AvgIpc) is 2.30. The molecule has 1 aliphatic heterocycles. The summed E-state index contributed by atoms with van der Waals surface area (Å²) in [6.07, 6.45) is 1.47. The van der Waals surface area contributed by atoms with E-state index in [0.717, 1.165) is 36.4 Å². The Morgan fingerprint density at radius 2 is 1.84 bits per heavy atom. The van der Waals surface area contributed by atoms with Gasteiger partial charge in [-0.25, -0.2) is 0 Å². The van der Waals surface area contributed by atoms with E-state index in [-0.39, 0.29) is 6.10 Å². The van der Waals surface area contributed by atoms with Crippen LogP contribution in [0.4, 0.5) is 11.4 Å². The lowest BCUT2D eigenvalue weighted by atomic mass is 9.91. The van der Waals surface area contributed by atoms with Gasteiger partial charge in [0, 0.05) is 24.8 Å². The first kappa shape index (κ1) is 14.0. The predicted molar refractivity (Wildman–Crippen MR) is 81.8 cm³/mol. The highest BCUT2D eigenvalue weighted by Crippen LogP contribution is 2.32. The van der Waals surface area contributed by atoms with E-state index in [4.69, 9.17) is 10.5 Å². The maximum absolute atomic E-state index is 5.98. The lowest BCUT2D eigenvalue weighted by Gasteiger charge is -2.36. The number of nitrogens with two attached hydrogens (primary N) is 1. The molecule has 1 aromatic carbocycles. The number of ether oxygens (including phenoxy) is 1. The molecule has 1 heterocycles. The van der Waals surface area contributed by atoms with E-state index in [0.29, 0.717) is 0 Å². The Balaban J connectivity index is 2.20. The number of hydrogen-bond donors (Lipinski definition) is 1. The van der Waals surface area contributed by atoms with Gasteiger partial charge in [-0.2, -0.15) is 0 Å². The summed E-state index contributed by atoms with van der Waals surface area (Å²) in [5.74, 6) is 2.30. The minimum absolute atomic E-state index is 0.150. The Morgan fingerprint density at radius 3 is 2.42 bits per heavy atom. The summed E-state index contributed by atoms with van der Waals surface area (Å²) in [7, 11) is 0. The van der Waals surface area contributed by atoms with Crippen LogP contribution in [0.2, 0.25) is 0 Å². The molecule has 0 aliphatic carbocycles. The van der Waals surface area contributed by atoms with Crippen molar-refractivity contribution in [3.63, 3.8) is 0 Å². The minimum Gasteiger partial charge on any atom is -0.489 e. The summed E-state index contributed by atoms with van der Waals surface area (Å²) in [5, 5.41) is 0. The van der Waals surface area contributed by atoms with Crippen molar-refractivity contribution < 1.29 is 4.74 Å². The Morgan fingerprint density at radius 1 is 1.21 bits per heavy atom. The zero-order valence-electron chi connectivity index (χ0n) is 12.5. The fraction of sp³-hybridized carbons (Fsp3) is 0.625. The Kier molecular flexibility index (Phi) is 4.23. The van der Waals surface area contributed by atoms with Gasteiger partial charge in [0.15, 0.2) is 0 Å². The predicted octanol–water partition coefficient (Wildman–Crippen LogP) is 3.54. The molecule has 2 rings (SSSR count). The van der Waals surface area contributed by atoms with Crippen molar-refractivity contribution in [2.75, 3.05) is 23.7 Å². The van der Waals surface area contributed by atoms with Crippen LogP contribution in [0, 0.1) is 11.8 Å². The molecular formula is C16H26N2O. The van der Waals surface area contributed by atoms with Crippen LogP contribution in [-0.2, 0) is 0 Å². The lowest BCUT2D eigenvalue weighted by molar-refractivity contribution is 0.244. The Labute approximate surface area is 116 Å². The lowest BCUT2D eigenvalue weighted by Crippen LogP contribution is -2.38.